The van der Waals surface area contributed by atoms with E-state index in [0.29, 0.717) is 47.8 Å². The summed E-state index contributed by atoms with van der Waals surface area (Å²) in [5.74, 6) is -0.680. The molecule has 9 nitrogen and oxygen atoms in total. The third kappa shape index (κ3) is 7.19. The van der Waals surface area contributed by atoms with Crippen molar-refractivity contribution in [3.63, 3.8) is 0 Å². The number of hydrogen-bond donors (Lipinski definition) is 5. The fraction of sp³-hybridized carbons (Fsp3) is 0.233. The molecule has 42 heavy (non-hydrogen) atoms. The standard InChI is InChI=1S/C30H31F3N8O/c1-19(30(31,32)33)8-3-2-4-9-20(17-34)29(42)39-26-12-7-13-27(38-26)41-25-11-6-5-10-23(25)28(40-41)37-22-14-15-24(36)21(16-22)18-35/h5-7,9-19,34-35H,2-4,8,36H2,1H3,(H,37,40)(H,38,39,42)/b20-9+,34-17?,35-18?/t19-/m0/s1. The molecule has 4 rings (SSSR count). The number of para-hydroxylation sites is 1. The summed E-state index contributed by atoms with van der Waals surface area (Å²) < 4.78 is 39.7. The summed E-state index contributed by atoms with van der Waals surface area (Å²) in [5, 5.41) is 26.7. The Kier molecular flexibility index (Phi) is 9.35. The number of benzene rings is 2. The van der Waals surface area contributed by atoms with Crippen molar-refractivity contribution < 1.29 is 18.0 Å². The molecule has 0 aliphatic carbocycles. The number of amides is 1. The summed E-state index contributed by atoms with van der Waals surface area (Å²) in [6.45, 7) is 1.16. The molecular formula is C30H31F3N8O. The Morgan fingerprint density at radius 2 is 1.88 bits per heavy atom. The summed E-state index contributed by atoms with van der Waals surface area (Å²) in [4.78, 5) is 17.4. The number of nitrogen functional groups attached to an aromatic ring is 1. The molecular weight excluding hydrogens is 545 g/mol. The molecule has 2 heterocycles. The zero-order valence-corrected chi connectivity index (χ0v) is 22.9. The van der Waals surface area contributed by atoms with E-state index >= 15 is 0 Å². The Bertz CT molecular complexity index is 1630. The zero-order chi connectivity index (χ0) is 30.3. The van der Waals surface area contributed by atoms with Gasteiger partial charge in [-0.1, -0.05) is 37.6 Å². The Labute approximate surface area is 240 Å². The quantitative estimate of drug-likeness (QED) is 0.0533. The number of carbonyl (C=O) groups is 1. The van der Waals surface area contributed by atoms with Gasteiger partial charge in [-0.25, -0.2) is 9.67 Å². The fourth-order valence-corrected chi connectivity index (χ4v) is 4.28. The molecule has 0 fully saturated rings. The summed E-state index contributed by atoms with van der Waals surface area (Å²) in [6.07, 6.45) is 0.664. The number of unbranched alkanes of at least 4 members (excludes halogenated alkanes) is 2. The molecule has 0 saturated heterocycles. The molecule has 1 amide bonds. The van der Waals surface area contributed by atoms with Gasteiger partial charge in [0.1, 0.15) is 5.82 Å². The van der Waals surface area contributed by atoms with Crippen molar-refractivity contribution in [3.8, 4) is 5.82 Å². The Hall–Kier alpha value is -5.00. The lowest BCUT2D eigenvalue weighted by molar-refractivity contribution is -0.171. The number of alkyl halides is 3. The smallest absolute Gasteiger partial charge is 0.391 e. The molecule has 6 N–H and O–H groups in total. The van der Waals surface area contributed by atoms with Crippen molar-refractivity contribution in [1.29, 1.82) is 10.8 Å². The second-order valence-electron chi connectivity index (χ2n) is 9.76. The summed E-state index contributed by atoms with van der Waals surface area (Å²) in [7, 11) is 0. The number of allylic oxidation sites excluding steroid dienone is 1. The van der Waals surface area contributed by atoms with Gasteiger partial charge in [-0.2, -0.15) is 13.2 Å². The predicted molar refractivity (Wildman–Crippen MR) is 160 cm³/mol. The lowest BCUT2D eigenvalue weighted by Crippen LogP contribution is -2.19. The minimum atomic E-state index is -4.21. The van der Waals surface area contributed by atoms with Crippen LogP contribution in [0.3, 0.4) is 0 Å². The molecule has 4 aromatic rings. The number of carbonyl (C=O) groups excluding carboxylic acids is 1. The van der Waals surface area contributed by atoms with Crippen LogP contribution in [-0.4, -0.2) is 39.3 Å². The number of nitrogens with two attached hydrogens (primary N) is 1. The molecule has 0 saturated carbocycles. The molecule has 0 unspecified atom stereocenters. The van der Waals surface area contributed by atoms with Gasteiger partial charge in [0, 0.05) is 34.8 Å². The van der Waals surface area contributed by atoms with Crippen molar-refractivity contribution >= 4 is 52.2 Å². The summed E-state index contributed by atoms with van der Waals surface area (Å²) in [5.41, 5.74) is 8.53. The van der Waals surface area contributed by atoms with Gasteiger partial charge in [0.25, 0.3) is 5.91 Å². The number of hydrogen-bond acceptors (Lipinski definition) is 7. The molecule has 0 aliphatic rings. The van der Waals surface area contributed by atoms with Crippen LogP contribution in [-0.2, 0) is 4.79 Å². The highest BCUT2D eigenvalue weighted by molar-refractivity contribution is 6.16. The van der Waals surface area contributed by atoms with E-state index in [1.54, 1.807) is 47.2 Å². The van der Waals surface area contributed by atoms with E-state index in [-0.39, 0.29) is 17.8 Å². The lowest BCUT2D eigenvalue weighted by Gasteiger charge is -2.14. The number of anilines is 4. The van der Waals surface area contributed by atoms with E-state index in [0.717, 1.165) is 24.0 Å². The number of fused-ring (bicyclic) bond motifs is 1. The molecule has 1 atom stereocenters. The van der Waals surface area contributed by atoms with Gasteiger partial charge in [0.15, 0.2) is 11.6 Å². The largest absolute Gasteiger partial charge is 0.398 e. The zero-order valence-electron chi connectivity index (χ0n) is 22.9. The Balaban J connectivity index is 1.49. The Morgan fingerprint density at radius 3 is 2.62 bits per heavy atom. The molecule has 0 spiro atoms. The van der Waals surface area contributed by atoms with Gasteiger partial charge in [0.2, 0.25) is 0 Å². The first kappa shape index (κ1) is 30.0. The van der Waals surface area contributed by atoms with Crippen LogP contribution >= 0.6 is 0 Å². The van der Waals surface area contributed by atoms with Crippen LogP contribution in [0.2, 0.25) is 0 Å². The molecule has 2 aromatic carbocycles. The highest BCUT2D eigenvalue weighted by atomic mass is 19.4. The molecule has 0 aliphatic heterocycles. The van der Waals surface area contributed by atoms with Crippen LogP contribution < -0.4 is 16.4 Å². The van der Waals surface area contributed by atoms with E-state index in [9.17, 15) is 18.0 Å². The third-order valence-electron chi connectivity index (χ3n) is 6.72. The molecule has 0 radical (unpaired) electrons. The average molecular weight is 577 g/mol. The van der Waals surface area contributed by atoms with E-state index in [1.165, 1.54) is 6.21 Å². The molecule has 0 bridgehead atoms. The first-order valence-corrected chi connectivity index (χ1v) is 13.3. The molecule has 12 heteroatoms. The highest BCUT2D eigenvalue weighted by Crippen LogP contribution is 2.30. The minimum Gasteiger partial charge on any atom is -0.398 e. The fourth-order valence-electron chi connectivity index (χ4n) is 4.28. The minimum absolute atomic E-state index is 0.0182. The maximum atomic E-state index is 12.8. The van der Waals surface area contributed by atoms with Crippen molar-refractivity contribution in [2.45, 2.75) is 38.8 Å². The van der Waals surface area contributed by atoms with Gasteiger partial charge in [-0.05, 0) is 61.7 Å². The maximum Gasteiger partial charge on any atom is 0.391 e. The van der Waals surface area contributed by atoms with Gasteiger partial charge in [-0.3, -0.25) is 4.79 Å². The molecule has 2 aromatic heterocycles. The van der Waals surface area contributed by atoms with Gasteiger partial charge < -0.3 is 27.2 Å². The van der Waals surface area contributed by atoms with E-state index in [1.807, 2.05) is 24.3 Å². The first-order valence-electron chi connectivity index (χ1n) is 13.3. The summed E-state index contributed by atoms with van der Waals surface area (Å²) >= 11 is 0. The number of halogens is 3. The Morgan fingerprint density at radius 1 is 1.10 bits per heavy atom. The van der Waals surface area contributed by atoms with Gasteiger partial charge in [-0.15, -0.1) is 5.10 Å². The predicted octanol–water partition coefficient (Wildman–Crippen LogP) is 7.02. The number of nitrogens with one attached hydrogen (secondary N) is 4. The number of aromatic nitrogens is 3. The summed E-state index contributed by atoms with van der Waals surface area (Å²) in [6, 6.07) is 17.9. The van der Waals surface area contributed by atoms with Crippen LogP contribution in [0.1, 0.15) is 38.2 Å². The van der Waals surface area contributed by atoms with Crippen molar-refractivity contribution in [1.82, 2.24) is 14.8 Å². The van der Waals surface area contributed by atoms with Crippen molar-refractivity contribution in [3.05, 3.63) is 77.9 Å². The van der Waals surface area contributed by atoms with E-state index in [2.05, 4.69) is 15.6 Å². The SMILES string of the molecule is C[C@@H](CCCC/C=C(\C=N)C(=O)Nc1cccc(-n2nc(Nc3ccc(N)c(C=N)c3)c3ccccc32)n1)C(F)(F)F. The van der Waals surface area contributed by atoms with Crippen LogP contribution in [0.5, 0.6) is 0 Å². The van der Waals surface area contributed by atoms with E-state index < -0.39 is 18.0 Å². The van der Waals surface area contributed by atoms with Crippen LogP contribution in [0, 0.1) is 16.7 Å². The molecule has 218 valence electrons. The van der Waals surface area contributed by atoms with E-state index in [4.69, 9.17) is 21.7 Å². The third-order valence-corrected chi connectivity index (χ3v) is 6.72. The van der Waals surface area contributed by atoms with Crippen molar-refractivity contribution in [2.75, 3.05) is 16.4 Å². The highest BCUT2D eigenvalue weighted by Gasteiger charge is 2.34. The van der Waals surface area contributed by atoms with Crippen LogP contribution in [0.15, 0.2) is 72.3 Å². The van der Waals surface area contributed by atoms with Crippen LogP contribution in [0.25, 0.3) is 16.7 Å². The number of rotatable bonds is 12. The normalized spacial score (nSPS) is 12.6. The van der Waals surface area contributed by atoms with Gasteiger partial charge >= 0.3 is 6.18 Å². The first-order chi connectivity index (χ1) is 20.1. The average Bonchev–Trinajstić information content (AvgIpc) is 3.33. The number of nitrogens with zero attached hydrogens (tertiary/aromatic N) is 3. The van der Waals surface area contributed by atoms with Crippen molar-refractivity contribution in [2.24, 2.45) is 5.92 Å². The maximum absolute atomic E-state index is 12.8. The second kappa shape index (κ2) is 13.1. The monoisotopic (exact) mass is 576 g/mol. The number of pyridine rings is 1. The topological polar surface area (TPSA) is 146 Å². The lowest BCUT2D eigenvalue weighted by atomic mass is 10.0. The van der Waals surface area contributed by atoms with Gasteiger partial charge in [0.05, 0.1) is 17.0 Å². The van der Waals surface area contributed by atoms with Crippen LogP contribution in [0.4, 0.5) is 36.2 Å². The second-order valence-corrected chi connectivity index (χ2v) is 9.76.